The van der Waals surface area contributed by atoms with Gasteiger partial charge in [0, 0.05) is 18.1 Å². The number of carbonyl (C=O) groups is 1. The number of nitrogens with one attached hydrogen (secondary N) is 2. The highest BCUT2D eigenvalue weighted by molar-refractivity contribution is 5.92. The number of H-pyrrole nitrogens is 1. The molecular weight excluding hydrogens is 264 g/mol. The van der Waals surface area contributed by atoms with Crippen molar-refractivity contribution in [3.05, 3.63) is 47.5 Å². The average Bonchev–Trinajstić information content (AvgIpc) is 2.84. The van der Waals surface area contributed by atoms with Crippen LogP contribution in [0.15, 0.2) is 30.6 Å². The van der Waals surface area contributed by atoms with Gasteiger partial charge < -0.3 is 5.32 Å². The molecule has 0 radical (unpaired) electrons. The summed E-state index contributed by atoms with van der Waals surface area (Å²) in [6.07, 6.45) is 4.36. The van der Waals surface area contributed by atoms with E-state index in [2.05, 4.69) is 41.3 Å². The number of aromatic nitrogens is 3. The fraction of sp³-hybridized carbons (Fsp3) is 0.438. The summed E-state index contributed by atoms with van der Waals surface area (Å²) in [6, 6.07) is 5.53. The van der Waals surface area contributed by atoms with Crippen molar-refractivity contribution in [3.63, 3.8) is 0 Å². The second-order valence-electron chi connectivity index (χ2n) is 6.51. The van der Waals surface area contributed by atoms with Crippen molar-refractivity contribution < 1.29 is 4.79 Å². The maximum Gasteiger partial charge on any atom is 0.272 e. The molecule has 5 nitrogen and oxygen atoms in total. The standard InChI is InChI=1S/C16H22N4O/c1-11-8-13(20-19-11)15(21)18-14(9-16(2,3)4)12-6-5-7-17-10-12/h5-8,10,14H,9H2,1-4H3,(H,18,21)(H,19,20)/t14-/m0/s1. The zero-order valence-electron chi connectivity index (χ0n) is 13.0. The number of carbonyl (C=O) groups excluding carboxylic acids is 1. The van der Waals surface area contributed by atoms with E-state index in [4.69, 9.17) is 0 Å². The van der Waals surface area contributed by atoms with Gasteiger partial charge in [0.2, 0.25) is 0 Å². The lowest BCUT2D eigenvalue weighted by molar-refractivity contribution is 0.0921. The molecule has 2 N–H and O–H groups in total. The van der Waals surface area contributed by atoms with E-state index in [1.807, 2.05) is 19.1 Å². The Kier molecular flexibility index (Phi) is 4.40. The second-order valence-corrected chi connectivity index (χ2v) is 6.51. The van der Waals surface area contributed by atoms with Crippen LogP contribution in [0.1, 0.15) is 55.0 Å². The zero-order valence-corrected chi connectivity index (χ0v) is 13.0. The summed E-state index contributed by atoms with van der Waals surface area (Å²) in [5, 5.41) is 9.85. The summed E-state index contributed by atoms with van der Waals surface area (Å²) < 4.78 is 0. The van der Waals surface area contributed by atoms with Gasteiger partial charge >= 0.3 is 0 Å². The summed E-state index contributed by atoms with van der Waals surface area (Å²) >= 11 is 0. The lowest BCUT2D eigenvalue weighted by Crippen LogP contribution is -2.31. The van der Waals surface area contributed by atoms with E-state index in [1.54, 1.807) is 18.5 Å². The predicted octanol–water partition coefficient (Wildman–Crippen LogP) is 3.02. The Labute approximate surface area is 125 Å². The molecule has 2 aromatic heterocycles. The van der Waals surface area contributed by atoms with Gasteiger partial charge in [-0.25, -0.2) is 0 Å². The molecule has 1 amide bonds. The summed E-state index contributed by atoms with van der Waals surface area (Å²) in [4.78, 5) is 16.5. The van der Waals surface area contributed by atoms with Crippen LogP contribution >= 0.6 is 0 Å². The molecule has 0 saturated carbocycles. The third kappa shape index (κ3) is 4.41. The van der Waals surface area contributed by atoms with E-state index in [1.165, 1.54) is 0 Å². The summed E-state index contributed by atoms with van der Waals surface area (Å²) in [6.45, 7) is 8.33. The molecule has 0 aliphatic carbocycles. The zero-order chi connectivity index (χ0) is 15.5. The van der Waals surface area contributed by atoms with Gasteiger partial charge in [0.15, 0.2) is 0 Å². The molecule has 0 unspecified atom stereocenters. The van der Waals surface area contributed by atoms with Crippen molar-refractivity contribution in [1.82, 2.24) is 20.5 Å². The fourth-order valence-electron chi connectivity index (χ4n) is 2.21. The van der Waals surface area contributed by atoms with Gasteiger partial charge in [-0.05, 0) is 36.5 Å². The highest BCUT2D eigenvalue weighted by Crippen LogP contribution is 2.29. The Hall–Kier alpha value is -2.17. The number of rotatable bonds is 4. The third-order valence-corrected chi connectivity index (χ3v) is 3.15. The Bertz CT molecular complexity index is 598. The summed E-state index contributed by atoms with van der Waals surface area (Å²) in [5.41, 5.74) is 2.38. The van der Waals surface area contributed by atoms with Crippen molar-refractivity contribution in [1.29, 1.82) is 0 Å². The van der Waals surface area contributed by atoms with Gasteiger partial charge in [-0.2, -0.15) is 5.10 Å². The molecule has 0 saturated heterocycles. The number of aromatic amines is 1. The molecule has 2 aromatic rings. The summed E-state index contributed by atoms with van der Waals surface area (Å²) in [5.74, 6) is -0.169. The molecule has 21 heavy (non-hydrogen) atoms. The number of hydrogen-bond acceptors (Lipinski definition) is 3. The van der Waals surface area contributed by atoms with Crippen molar-refractivity contribution in [3.8, 4) is 0 Å². The van der Waals surface area contributed by atoms with Gasteiger partial charge in [-0.15, -0.1) is 0 Å². The van der Waals surface area contributed by atoms with E-state index in [-0.39, 0.29) is 17.4 Å². The molecule has 112 valence electrons. The first-order valence-electron chi connectivity index (χ1n) is 7.08. The van der Waals surface area contributed by atoms with Crippen molar-refractivity contribution >= 4 is 5.91 Å². The maximum absolute atomic E-state index is 12.3. The summed E-state index contributed by atoms with van der Waals surface area (Å²) in [7, 11) is 0. The van der Waals surface area contributed by atoms with Gasteiger partial charge in [0.1, 0.15) is 5.69 Å². The van der Waals surface area contributed by atoms with Crippen LogP contribution in [0.4, 0.5) is 0 Å². The number of amides is 1. The minimum atomic E-state index is -0.169. The van der Waals surface area contributed by atoms with E-state index in [0.717, 1.165) is 17.7 Å². The number of pyridine rings is 1. The van der Waals surface area contributed by atoms with Crippen LogP contribution < -0.4 is 5.32 Å². The molecule has 0 bridgehead atoms. The largest absolute Gasteiger partial charge is 0.344 e. The van der Waals surface area contributed by atoms with Crippen LogP contribution in [0.5, 0.6) is 0 Å². The molecule has 2 rings (SSSR count). The minimum absolute atomic E-state index is 0.0804. The lowest BCUT2D eigenvalue weighted by Gasteiger charge is -2.26. The lowest BCUT2D eigenvalue weighted by atomic mass is 9.86. The van der Waals surface area contributed by atoms with Gasteiger partial charge in [0.05, 0.1) is 6.04 Å². The fourth-order valence-corrected chi connectivity index (χ4v) is 2.21. The first-order chi connectivity index (χ1) is 9.85. The molecule has 0 aliphatic heterocycles. The number of aryl methyl sites for hydroxylation is 1. The molecule has 0 fully saturated rings. The second kappa shape index (κ2) is 6.08. The van der Waals surface area contributed by atoms with Crippen LogP contribution in [-0.4, -0.2) is 21.1 Å². The molecule has 5 heteroatoms. The quantitative estimate of drug-likeness (QED) is 0.907. The molecular formula is C16H22N4O. The molecule has 0 aromatic carbocycles. The van der Waals surface area contributed by atoms with E-state index in [9.17, 15) is 4.79 Å². The Morgan fingerprint density at radius 3 is 2.71 bits per heavy atom. The van der Waals surface area contributed by atoms with Crippen LogP contribution in [0.25, 0.3) is 0 Å². The smallest absolute Gasteiger partial charge is 0.272 e. The molecule has 2 heterocycles. The van der Waals surface area contributed by atoms with Crippen LogP contribution in [0, 0.1) is 12.3 Å². The SMILES string of the molecule is Cc1cc(C(=O)N[C@@H](CC(C)(C)C)c2cccnc2)n[nH]1. The van der Waals surface area contributed by atoms with E-state index in [0.29, 0.717) is 5.69 Å². The predicted molar refractivity (Wildman–Crippen MR) is 81.8 cm³/mol. The Morgan fingerprint density at radius 2 is 2.19 bits per heavy atom. The van der Waals surface area contributed by atoms with Gasteiger partial charge in [-0.1, -0.05) is 26.8 Å². The first kappa shape index (κ1) is 15.2. The van der Waals surface area contributed by atoms with Crippen molar-refractivity contribution in [2.75, 3.05) is 0 Å². The topological polar surface area (TPSA) is 70.7 Å². The Balaban J connectivity index is 2.18. The van der Waals surface area contributed by atoms with Crippen molar-refractivity contribution in [2.45, 2.75) is 40.2 Å². The molecule has 0 spiro atoms. The third-order valence-electron chi connectivity index (χ3n) is 3.15. The highest BCUT2D eigenvalue weighted by Gasteiger charge is 2.23. The molecule has 0 aliphatic rings. The monoisotopic (exact) mass is 286 g/mol. The van der Waals surface area contributed by atoms with Gasteiger partial charge in [0.25, 0.3) is 5.91 Å². The van der Waals surface area contributed by atoms with E-state index < -0.39 is 0 Å². The van der Waals surface area contributed by atoms with Crippen molar-refractivity contribution in [2.24, 2.45) is 5.41 Å². The maximum atomic E-state index is 12.3. The van der Waals surface area contributed by atoms with Gasteiger partial charge in [-0.3, -0.25) is 14.9 Å². The van der Waals surface area contributed by atoms with Crippen LogP contribution in [0.3, 0.4) is 0 Å². The number of nitrogens with zero attached hydrogens (tertiary/aromatic N) is 2. The first-order valence-corrected chi connectivity index (χ1v) is 7.08. The van der Waals surface area contributed by atoms with Crippen LogP contribution in [0.2, 0.25) is 0 Å². The Morgan fingerprint density at radius 1 is 1.43 bits per heavy atom. The highest BCUT2D eigenvalue weighted by atomic mass is 16.2. The van der Waals surface area contributed by atoms with E-state index >= 15 is 0 Å². The number of hydrogen-bond donors (Lipinski definition) is 2. The average molecular weight is 286 g/mol. The molecule has 1 atom stereocenters. The van der Waals surface area contributed by atoms with Crippen LogP contribution in [-0.2, 0) is 0 Å². The normalized spacial score (nSPS) is 13.0. The minimum Gasteiger partial charge on any atom is -0.344 e.